The van der Waals surface area contributed by atoms with Gasteiger partial charge in [-0.3, -0.25) is 9.59 Å². The van der Waals surface area contributed by atoms with E-state index in [2.05, 4.69) is 6.92 Å². The Balaban J connectivity index is 3.35. The van der Waals surface area contributed by atoms with Gasteiger partial charge < -0.3 is 10.2 Å². The van der Waals surface area contributed by atoms with E-state index in [1.165, 1.54) is 57.8 Å². The standard InChI is InChI=1S/C18H34O4/c1-2-3-4-5-6-7-8-9-10-11-12-13-14-16(18(21)22)15-17(19)20/h16H,2-15H2,1H3,(H,19,20)(H,21,22). The Kier molecular flexibility index (Phi) is 14.1. The number of carboxylic acids is 2. The summed E-state index contributed by atoms with van der Waals surface area (Å²) < 4.78 is 0. The number of rotatable bonds is 16. The second-order valence-electron chi connectivity index (χ2n) is 6.31. The molecule has 0 aromatic rings. The summed E-state index contributed by atoms with van der Waals surface area (Å²) in [7, 11) is 0. The van der Waals surface area contributed by atoms with E-state index in [4.69, 9.17) is 10.2 Å². The molecule has 22 heavy (non-hydrogen) atoms. The second-order valence-corrected chi connectivity index (χ2v) is 6.31. The molecule has 0 aliphatic carbocycles. The van der Waals surface area contributed by atoms with Crippen LogP contribution in [0.3, 0.4) is 0 Å². The Hall–Kier alpha value is -1.06. The van der Waals surface area contributed by atoms with Gasteiger partial charge in [-0.1, -0.05) is 84.0 Å². The number of aliphatic carboxylic acids is 2. The summed E-state index contributed by atoms with van der Waals surface area (Å²) in [6.07, 6.45) is 15.1. The predicted octanol–water partition coefficient (Wildman–Crippen LogP) is 5.25. The Bertz CT molecular complexity index is 289. The van der Waals surface area contributed by atoms with E-state index in [0.717, 1.165) is 19.3 Å². The summed E-state index contributed by atoms with van der Waals surface area (Å²) in [5, 5.41) is 17.6. The molecule has 0 saturated heterocycles. The van der Waals surface area contributed by atoms with Crippen LogP contribution in [-0.2, 0) is 9.59 Å². The molecule has 1 unspecified atom stereocenters. The molecular weight excluding hydrogens is 280 g/mol. The van der Waals surface area contributed by atoms with Gasteiger partial charge in [0.25, 0.3) is 0 Å². The van der Waals surface area contributed by atoms with E-state index in [-0.39, 0.29) is 6.42 Å². The maximum atomic E-state index is 10.9. The number of unbranched alkanes of at least 4 members (excludes halogenated alkanes) is 11. The van der Waals surface area contributed by atoms with Crippen molar-refractivity contribution >= 4 is 11.9 Å². The van der Waals surface area contributed by atoms with E-state index in [0.29, 0.717) is 6.42 Å². The SMILES string of the molecule is CCCCCCCCCCCCCCC(CC(=O)O)C(=O)O. The minimum Gasteiger partial charge on any atom is -0.481 e. The fourth-order valence-electron chi connectivity index (χ4n) is 2.76. The first-order chi connectivity index (χ1) is 10.6. The molecule has 0 saturated carbocycles. The van der Waals surface area contributed by atoms with E-state index >= 15 is 0 Å². The van der Waals surface area contributed by atoms with Crippen LogP contribution < -0.4 is 0 Å². The molecule has 0 rings (SSSR count). The number of carboxylic acid groups (broad SMARTS) is 2. The van der Waals surface area contributed by atoms with Crippen LogP contribution in [0, 0.1) is 5.92 Å². The highest BCUT2D eigenvalue weighted by molar-refractivity contribution is 5.77. The van der Waals surface area contributed by atoms with Crippen molar-refractivity contribution in [2.45, 2.75) is 96.8 Å². The third-order valence-corrected chi connectivity index (χ3v) is 4.18. The molecule has 0 spiro atoms. The number of carbonyl (C=O) groups is 2. The lowest BCUT2D eigenvalue weighted by molar-refractivity contribution is -0.148. The summed E-state index contributed by atoms with van der Waals surface area (Å²) in [6.45, 7) is 2.24. The largest absolute Gasteiger partial charge is 0.481 e. The Morgan fingerprint density at radius 3 is 1.50 bits per heavy atom. The maximum absolute atomic E-state index is 10.9. The first-order valence-corrected chi connectivity index (χ1v) is 9.02. The highest BCUT2D eigenvalue weighted by Gasteiger charge is 2.19. The molecule has 0 fully saturated rings. The lowest BCUT2D eigenvalue weighted by Crippen LogP contribution is -2.17. The Labute approximate surface area is 135 Å². The van der Waals surface area contributed by atoms with E-state index < -0.39 is 17.9 Å². The third-order valence-electron chi connectivity index (χ3n) is 4.18. The smallest absolute Gasteiger partial charge is 0.307 e. The molecule has 0 aromatic heterocycles. The first-order valence-electron chi connectivity index (χ1n) is 9.02. The maximum Gasteiger partial charge on any atom is 0.307 e. The van der Waals surface area contributed by atoms with Crippen molar-refractivity contribution in [2.75, 3.05) is 0 Å². The van der Waals surface area contributed by atoms with Crippen LogP contribution in [0.1, 0.15) is 96.8 Å². The van der Waals surface area contributed by atoms with Gasteiger partial charge in [0.05, 0.1) is 12.3 Å². The van der Waals surface area contributed by atoms with Crippen LogP contribution in [0.4, 0.5) is 0 Å². The van der Waals surface area contributed by atoms with Crippen molar-refractivity contribution in [3.8, 4) is 0 Å². The summed E-state index contributed by atoms with van der Waals surface area (Å²) in [6, 6.07) is 0. The quantitative estimate of drug-likeness (QED) is 0.381. The molecule has 4 heteroatoms. The lowest BCUT2D eigenvalue weighted by atomic mass is 9.97. The van der Waals surface area contributed by atoms with E-state index in [9.17, 15) is 9.59 Å². The highest BCUT2D eigenvalue weighted by Crippen LogP contribution is 2.16. The molecule has 0 aliphatic heterocycles. The van der Waals surface area contributed by atoms with Gasteiger partial charge in [0.2, 0.25) is 0 Å². The van der Waals surface area contributed by atoms with Crippen LogP contribution in [0.5, 0.6) is 0 Å². The Morgan fingerprint density at radius 2 is 1.14 bits per heavy atom. The molecule has 0 aromatic carbocycles. The zero-order valence-corrected chi connectivity index (χ0v) is 14.2. The normalized spacial score (nSPS) is 12.2. The molecule has 0 heterocycles. The van der Waals surface area contributed by atoms with Gasteiger partial charge >= 0.3 is 11.9 Å². The van der Waals surface area contributed by atoms with Crippen LogP contribution in [0.2, 0.25) is 0 Å². The lowest BCUT2D eigenvalue weighted by Gasteiger charge is -2.09. The van der Waals surface area contributed by atoms with Crippen molar-refractivity contribution < 1.29 is 19.8 Å². The molecule has 0 aliphatic rings. The summed E-state index contributed by atoms with van der Waals surface area (Å²) >= 11 is 0. The van der Waals surface area contributed by atoms with Gasteiger partial charge in [-0.25, -0.2) is 0 Å². The van der Waals surface area contributed by atoms with E-state index in [1.807, 2.05) is 0 Å². The van der Waals surface area contributed by atoms with Gasteiger partial charge in [-0.05, 0) is 6.42 Å². The van der Waals surface area contributed by atoms with Crippen LogP contribution >= 0.6 is 0 Å². The average molecular weight is 314 g/mol. The minimum absolute atomic E-state index is 0.257. The van der Waals surface area contributed by atoms with Crippen molar-refractivity contribution in [3.05, 3.63) is 0 Å². The topological polar surface area (TPSA) is 74.6 Å². The number of hydrogen-bond acceptors (Lipinski definition) is 2. The zero-order valence-electron chi connectivity index (χ0n) is 14.2. The molecule has 0 bridgehead atoms. The summed E-state index contributed by atoms with van der Waals surface area (Å²) in [5.74, 6) is -2.72. The predicted molar refractivity (Wildman–Crippen MR) is 89.1 cm³/mol. The van der Waals surface area contributed by atoms with Crippen molar-refractivity contribution in [2.24, 2.45) is 5.92 Å². The molecule has 1 atom stereocenters. The van der Waals surface area contributed by atoms with Gasteiger partial charge in [-0.15, -0.1) is 0 Å². The Morgan fingerprint density at radius 1 is 0.727 bits per heavy atom. The monoisotopic (exact) mass is 314 g/mol. The zero-order chi connectivity index (χ0) is 16.6. The van der Waals surface area contributed by atoms with Crippen molar-refractivity contribution in [3.63, 3.8) is 0 Å². The minimum atomic E-state index is -1.02. The van der Waals surface area contributed by atoms with Crippen LogP contribution in [-0.4, -0.2) is 22.2 Å². The van der Waals surface area contributed by atoms with Gasteiger partial charge in [-0.2, -0.15) is 0 Å². The molecule has 2 N–H and O–H groups in total. The molecular formula is C18H34O4. The molecule has 4 nitrogen and oxygen atoms in total. The van der Waals surface area contributed by atoms with Crippen molar-refractivity contribution in [1.82, 2.24) is 0 Å². The molecule has 0 radical (unpaired) electrons. The van der Waals surface area contributed by atoms with Crippen molar-refractivity contribution in [1.29, 1.82) is 0 Å². The number of hydrogen-bond donors (Lipinski definition) is 2. The van der Waals surface area contributed by atoms with Gasteiger partial charge in [0, 0.05) is 0 Å². The molecule has 0 amide bonds. The molecule has 130 valence electrons. The van der Waals surface area contributed by atoms with E-state index in [1.54, 1.807) is 0 Å². The van der Waals surface area contributed by atoms with Crippen LogP contribution in [0.15, 0.2) is 0 Å². The van der Waals surface area contributed by atoms with Gasteiger partial charge in [0.1, 0.15) is 0 Å². The summed E-state index contributed by atoms with van der Waals surface area (Å²) in [4.78, 5) is 21.5. The second kappa shape index (κ2) is 14.9. The first kappa shape index (κ1) is 20.9. The summed E-state index contributed by atoms with van der Waals surface area (Å²) in [5.41, 5.74) is 0. The average Bonchev–Trinajstić information content (AvgIpc) is 2.46. The highest BCUT2D eigenvalue weighted by atomic mass is 16.4. The van der Waals surface area contributed by atoms with Crippen LogP contribution in [0.25, 0.3) is 0 Å². The van der Waals surface area contributed by atoms with Gasteiger partial charge in [0.15, 0.2) is 0 Å². The third kappa shape index (κ3) is 13.9. The fraction of sp³-hybridized carbons (Fsp3) is 0.889. The fourth-order valence-corrected chi connectivity index (χ4v) is 2.76.